The highest BCUT2D eigenvalue weighted by Crippen LogP contribution is 2.41. The van der Waals surface area contributed by atoms with E-state index < -0.39 is 30.1 Å². The molecule has 0 heterocycles. The number of ether oxygens (including phenoxy) is 2. The summed E-state index contributed by atoms with van der Waals surface area (Å²) in [5.41, 5.74) is 3.04. The van der Waals surface area contributed by atoms with Gasteiger partial charge in [-0.1, -0.05) is 50.2 Å². The topological polar surface area (TPSA) is 226 Å². The summed E-state index contributed by atoms with van der Waals surface area (Å²) in [7, 11) is -9.30. The third-order valence-electron chi connectivity index (χ3n) is 10.6. The smallest absolute Gasteiger partial charge is 0.339 e. The summed E-state index contributed by atoms with van der Waals surface area (Å²) in [4.78, 5) is 46.0. The van der Waals surface area contributed by atoms with E-state index in [9.17, 15) is 46.7 Å². The lowest BCUT2D eigenvalue weighted by molar-refractivity contribution is -0.385. The first-order valence-corrected chi connectivity index (χ1v) is 23.5. The maximum atomic E-state index is 14.1. The van der Waals surface area contributed by atoms with Crippen molar-refractivity contribution in [2.24, 2.45) is 0 Å². The molecule has 0 unspecified atom stereocenters. The first kappa shape index (κ1) is 46.5. The van der Waals surface area contributed by atoms with Gasteiger partial charge in [0.25, 0.3) is 11.4 Å². The molecule has 0 N–H and O–H groups in total. The Morgan fingerprint density at radius 1 is 0.485 bits per heavy atom. The number of non-ortho nitro benzene ring substituents is 2. The molecule has 6 aromatic rings. The van der Waals surface area contributed by atoms with Gasteiger partial charge in [-0.3, -0.25) is 29.8 Å². The monoisotopic (exact) mass is 934 g/mol. The molecule has 16 nitrogen and oxygen atoms in total. The predicted molar refractivity (Wildman–Crippen MR) is 241 cm³/mol. The summed E-state index contributed by atoms with van der Waals surface area (Å²) in [6.07, 6.45) is 2.23. The number of fused-ring (bicyclic) bond motifs is 8. The molecular weight excluding hydrogens is 893 g/mol. The molecule has 0 aliphatic heterocycles. The van der Waals surface area contributed by atoms with Crippen LogP contribution in [0.3, 0.4) is 0 Å². The van der Waals surface area contributed by atoms with Crippen LogP contribution in [0.25, 0.3) is 0 Å². The number of nitrogens with zero attached hydrogens (tertiary/aromatic N) is 2. The van der Waals surface area contributed by atoms with Gasteiger partial charge < -0.3 is 17.8 Å². The van der Waals surface area contributed by atoms with E-state index >= 15 is 0 Å². The summed E-state index contributed by atoms with van der Waals surface area (Å²) < 4.78 is 81.2. The highest BCUT2D eigenvalue weighted by Gasteiger charge is 2.28. The minimum atomic E-state index is -4.65. The number of aldehydes is 2. The predicted octanol–water partition coefficient (Wildman–Crippen LogP) is 8.92. The van der Waals surface area contributed by atoms with Gasteiger partial charge in [0, 0.05) is 83.3 Å². The highest BCUT2D eigenvalue weighted by atomic mass is 32.2. The molecule has 8 bridgehead atoms. The quantitative estimate of drug-likeness (QED) is 0.0382. The average Bonchev–Trinajstić information content (AvgIpc) is 3.29. The van der Waals surface area contributed by atoms with Crippen molar-refractivity contribution in [2.45, 2.75) is 62.2 Å². The lowest BCUT2D eigenvalue weighted by Gasteiger charge is -2.23. The van der Waals surface area contributed by atoms with Gasteiger partial charge in [0.1, 0.15) is 45.4 Å². The Bertz CT molecular complexity index is 2780. The first-order chi connectivity index (χ1) is 31.6. The molecule has 1 aliphatic carbocycles. The number of nitro groups is 2. The van der Waals surface area contributed by atoms with Crippen molar-refractivity contribution in [2.75, 3.05) is 13.2 Å². The Morgan fingerprint density at radius 3 is 1.05 bits per heavy atom. The minimum Gasteiger partial charge on any atom is -0.493 e. The average molecular weight is 935 g/mol. The largest absolute Gasteiger partial charge is 0.493 e. The van der Waals surface area contributed by atoms with E-state index in [0.717, 1.165) is 48.5 Å². The maximum Gasteiger partial charge on any atom is 0.339 e. The van der Waals surface area contributed by atoms with E-state index in [2.05, 4.69) is 0 Å². The zero-order valence-corrected chi connectivity index (χ0v) is 37.3. The highest BCUT2D eigenvalue weighted by molar-refractivity contribution is 7.87. The molecule has 18 heteroatoms. The number of hydrogen-bond donors (Lipinski definition) is 0. The number of rotatable bonds is 16. The molecule has 66 heavy (non-hydrogen) atoms. The van der Waals surface area contributed by atoms with Crippen LogP contribution in [-0.4, -0.2) is 52.5 Å². The molecule has 340 valence electrons. The van der Waals surface area contributed by atoms with E-state index in [4.69, 9.17) is 17.8 Å². The van der Waals surface area contributed by atoms with Gasteiger partial charge in [0.05, 0.1) is 23.1 Å². The van der Waals surface area contributed by atoms with Crippen LogP contribution in [0.15, 0.2) is 119 Å². The van der Waals surface area contributed by atoms with Crippen molar-refractivity contribution in [3.8, 4) is 23.0 Å². The Labute approximate surface area is 380 Å². The molecule has 0 aromatic heterocycles. The molecule has 0 saturated carbocycles. The van der Waals surface area contributed by atoms with Crippen molar-refractivity contribution < 1.29 is 54.1 Å². The molecule has 0 radical (unpaired) electrons. The Hall–Kier alpha value is -7.44. The number of hydrogen-bond acceptors (Lipinski definition) is 14. The Kier molecular flexibility index (Phi) is 13.9. The molecule has 1 aliphatic rings. The summed E-state index contributed by atoms with van der Waals surface area (Å²) in [5.74, 6) is 0.545. The van der Waals surface area contributed by atoms with Crippen LogP contribution in [0, 0.1) is 20.2 Å². The first-order valence-electron chi connectivity index (χ1n) is 20.7. The number of carbonyl (C=O) groups excluding carboxylic acids is 2. The zero-order valence-electron chi connectivity index (χ0n) is 35.6. The van der Waals surface area contributed by atoms with Crippen molar-refractivity contribution in [3.63, 3.8) is 0 Å². The van der Waals surface area contributed by atoms with Crippen molar-refractivity contribution in [1.82, 2.24) is 0 Å². The standard InChI is InChI=1S/C48H42N2O14S2/c1-3-19-61-45-37-21-31(29-51)22-38(45)26-34-8-6-10-36(48(34)64-66(59,60)44-17-13-42(14-18-44)50(55)56)28-40-24-32(30-52)23-39(46(40)62-20-4-2)27-35-9-5-7-33(25-37)47(35)63-65(57,58)43-15-11-41(12-16-43)49(53)54/h5-18,21-24,29-30H,3-4,19-20,25-28H2,1-2H3. The molecule has 0 atom stereocenters. The maximum absolute atomic E-state index is 14.1. The van der Waals surface area contributed by atoms with Crippen molar-refractivity contribution >= 4 is 44.2 Å². The number of nitro benzene ring substituents is 2. The normalized spacial score (nSPS) is 12.4. The van der Waals surface area contributed by atoms with E-state index in [1.165, 1.54) is 0 Å². The third kappa shape index (κ3) is 10.2. The lowest BCUT2D eigenvalue weighted by atomic mass is 9.90. The van der Waals surface area contributed by atoms with Gasteiger partial charge in [0.2, 0.25) is 0 Å². The van der Waals surface area contributed by atoms with E-state index in [0.29, 0.717) is 81.4 Å². The van der Waals surface area contributed by atoms with Gasteiger partial charge >= 0.3 is 20.2 Å². The van der Waals surface area contributed by atoms with Crippen LogP contribution in [0.4, 0.5) is 11.4 Å². The molecule has 0 fully saturated rings. The van der Waals surface area contributed by atoms with Crippen molar-refractivity contribution in [3.05, 3.63) is 185 Å². The van der Waals surface area contributed by atoms with Crippen LogP contribution >= 0.6 is 0 Å². The van der Waals surface area contributed by atoms with Crippen LogP contribution < -0.4 is 17.8 Å². The van der Waals surface area contributed by atoms with Crippen LogP contribution in [-0.2, 0) is 45.9 Å². The van der Waals surface area contributed by atoms with Crippen LogP contribution in [0.5, 0.6) is 23.0 Å². The van der Waals surface area contributed by atoms with E-state index in [-0.39, 0.29) is 82.7 Å². The number of benzene rings is 6. The van der Waals surface area contributed by atoms with E-state index in [1.807, 2.05) is 13.8 Å². The van der Waals surface area contributed by atoms with Gasteiger partial charge in [-0.05, 0) is 83.6 Å². The molecule has 6 aromatic carbocycles. The summed E-state index contributed by atoms with van der Waals surface area (Å²) >= 11 is 0. The fourth-order valence-corrected chi connectivity index (χ4v) is 9.65. The van der Waals surface area contributed by atoms with Crippen molar-refractivity contribution in [1.29, 1.82) is 0 Å². The van der Waals surface area contributed by atoms with Gasteiger partial charge in [-0.15, -0.1) is 0 Å². The van der Waals surface area contributed by atoms with Gasteiger partial charge in [-0.2, -0.15) is 16.8 Å². The molecule has 7 rings (SSSR count). The molecule has 0 amide bonds. The second kappa shape index (κ2) is 19.7. The fourth-order valence-electron chi connectivity index (χ4n) is 7.66. The van der Waals surface area contributed by atoms with Gasteiger partial charge in [-0.25, -0.2) is 0 Å². The number of carbonyl (C=O) groups is 2. The molecule has 0 saturated heterocycles. The number of para-hydroxylation sites is 2. The molecular formula is C48H42N2O14S2. The Morgan fingerprint density at radius 2 is 0.788 bits per heavy atom. The van der Waals surface area contributed by atoms with Gasteiger partial charge in [0.15, 0.2) is 0 Å². The lowest BCUT2D eigenvalue weighted by Crippen LogP contribution is -2.15. The van der Waals surface area contributed by atoms with Crippen LogP contribution in [0.1, 0.15) is 91.9 Å². The van der Waals surface area contributed by atoms with E-state index in [1.54, 1.807) is 60.7 Å². The fraction of sp³-hybridized carbons (Fsp3) is 0.208. The summed E-state index contributed by atoms with van der Waals surface area (Å²) in [6.45, 7) is 4.25. The minimum absolute atomic E-state index is 0.0522. The molecule has 0 spiro atoms. The van der Waals surface area contributed by atoms with Crippen LogP contribution in [0.2, 0.25) is 0 Å². The second-order valence-corrected chi connectivity index (χ2v) is 18.5. The summed E-state index contributed by atoms with van der Waals surface area (Å²) in [5, 5.41) is 22.8. The zero-order chi connectivity index (χ0) is 47.2. The SMILES string of the molecule is CCCOc1c2cc(C=O)cc1Cc1cccc(c1OS(=O)(=O)c1ccc([N+](=O)[O-])cc1)Cc1cc(C=O)cc(c1OCCC)Cc1cccc(c1OS(=O)(=O)c1ccc([N+](=O)[O-])cc1)C2. The second-order valence-electron chi connectivity index (χ2n) is 15.4. The Balaban J connectivity index is 1.49. The third-order valence-corrected chi connectivity index (χ3v) is 13.1. The summed E-state index contributed by atoms with van der Waals surface area (Å²) in [6, 6.07) is 25.0.